The van der Waals surface area contributed by atoms with Gasteiger partial charge in [-0.2, -0.15) is 0 Å². The van der Waals surface area contributed by atoms with Crippen molar-refractivity contribution in [2.24, 2.45) is 0 Å². The third-order valence-corrected chi connectivity index (χ3v) is 5.14. The molecule has 3 aromatic rings. The Balaban J connectivity index is 1.36. The number of piperazine rings is 1. The lowest BCUT2D eigenvalue weighted by atomic mass is 10.1. The summed E-state index contributed by atoms with van der Waals surface area (Å²) in [5, 5.41) is 17.6. The predicted octanol–water partition coefficient (Wildman–Crippen LogP) is 1.68. The average Bonchev–Trinajstić information content (AvgIpc) is 2.90. The van der Waals surface area contributed by atoms with E-state index in [1.807, 2.05) is 4.90 Å². The fourth-order valence-electron chi connectivity index (χ4n) is 3.40. The van der Waals surface area contributed by atoms with Gasteiger partial charge >= 0.3 is 5.97 Å². The monoisotopic (exact) mass is 470 g/mol. The highest BCUT2D eigenvalue weighted by Crippen LogP contribution is 2.15. The molecular weight excluding hydrogens is 448 g/mol. The first-order chi connectivity index (χ1) is 17.0. The van der Waals surface area contributed by atoms with Gasteiger partial charge in [0.2, 0.25) is 0 Å². The van der Waals surface area contributed by atoms with Gasteiger partial charge in [0.1, 0.15) is 12.4 Å². The molecule has 0 unspecified atom stereocenters. The molecule has 0 aromatic carbocycles. The molecule has 4 heterocycles. The van der Waals surface area contributed by atoms with E-state index in [2.05, 4.69) is 38.6 Å². The molecule has 10 heteroatoms. The number of aromatic hydroxyl groups is 1. The molecular formula is C25H22N6O4. The Labute approximate surface area is 201 Å². The summed E-state index contributed by atoms with van der Waals surface area (Å²) in [6.45, 7) is 5.73. The number of esters is 1. The van der Waals surface area contributed by atoms with Crippen LogP contribution < -0.4 is 4.90 Å². The second-order valence-corrected chi connectivity index (χ2v) is 7.59. The smallest absolute Gasteiger partial charge is 0.359 e. The van der Waals surface area contributed by atoms with E-state index in [4.69, 9.17) is 4.74 Å². The minimum absolute atomic E-state index is 0.0333. The standard InChI is InChI=1S/C25H22N6O4/c1-2-11-35-25(34)22-5-6-23(29-28-22)30-7-9-31(10-8-30)24(33)20-12-18(14-26-16-20)3-4-19-13-21(32)17-27-15-19/h2,5-6,12-17,32H,1,7-11H2. The van der Waals surface area contributed by atoms with Crippen LogP contribution in [-0.4, -0.2) is 74.8 Å². The van der Waals surface area contributed by atoms with Gasteiger partial charge in [0.25, 0.3) is 5.91 Å². The van der Waals surface area contributed by atoms with Gasteiger partial charge in [0.05, 0.1) is 11.8 Å². The summed E-state index contributed by atoms with van der Waals surface area (Å²) in [6, 6.07) is 6.48. The number of amides is 1. The minimum Gasteiger partial charge on any atom is -0.506 e. The molecule has 4 rings (SSSR count). The molecule has 0 aliphatic carbocycles. The summed E-state index contributed by atoms with van der Waals surface area (Å²) in [7, 11) is 0. The lowest BCUT2D eigenvalue weighted by Crippen LogP contribution is -2.49. The topological polar surface area (TPSA) is 122 Å². The maximum atomic E-state index is 13.0. The summed E-state index contributed by atoms with van der Waals surface area (Å²) in [4.78, 5) is 36.6. The number of hydrogen-bond acceptors (Lipinski definition) is 9. The van der Waals surface area contributed by atoms with Gasteiger partial charge < -0.3 is 19.6 Å². The molecule has 1 amide bonds. The van der Waals surface area contributed by atoms with Gasteiger partial charge in [-0.1, -0.05) is 24.5 Å². The average molecular weight is 470 g/mol. The Morgan fingerprint density at radius 3 is 2.37 bits per heavy atom. The van der Waals surface area contributed by atoms with Crippen LogP contribution in [0.3, 0.4) is 0 Å². The van der Waals surface area contributed by atoms with Crippen molar-refractivity contribution in [3.63, 3.8) is 0 Å². The molecule has 10 nitrogen and oxygen atoms in total. The molecule has 0 spiro atoms. The molecule has 1 aliphatic rings. The zero-order valence-corrected chi connectivity index (χ0v) is 18.8. The number of ether oxygens (including phenoxy) is 1. The van der Waals surface area contributed by atoms with Crippen LogP contribution in [0.4, 0.5) is 5.82 Å². The highest BCUT2D eigenvalue weighted by molar-refractivity contribution is 5.94. The van der Waals surface area contributed by atoms with E-state index in [1.165, 1.54) is 24.5 Å². The highest BCUT2D eigenvalue weighted by Gasteiger charge is 2.23. The van der Waals surface area contributed by atoms with Gasteiger partial charge in [-0.05, 0) is 24.3 Å². The van der Waals surface area contributed by atoms with E-state index in [0.717, 1.165) is 0 Å². The summed E-state index contributed by atoms with van der Waals surface area (Å²) in [6.07, 6.45) is 7.45. The minimum atomic E-state index is -0.557. The highest BCUT2D eigenvalue weighted by atomic mass is 16.5. The molecule has 1 aliphatic heterocycles. The van der Waals surface area contributed by atoms with Crippen LogP contribution in [-0.2, 0) is 4.74 Å². The number of hydrogen-bond donors (Lipinski definition) is 1. The quantitative estimate of drug-likeness (QED) is 0.337. The number of nitrogens with zero attached hydrogens (tertiary/aromatic N) is 6. The third-order valence-electron chi connectivity index (χ3n) is 5.14. The number of pyridine rings is 2. The summed E-state index contributed by atoms with van der Waals surface area (Å²) in [5.41, 5.74) is 1.71. The number of carbonyl (C=O) groups excluding carboxylic acids is 2. The first-order valence-electron chi connectivity index (χ1n) is 10.8. The van der Waals surface area contributed by atoms with Crippen molar-refractivity contribution in [1.29, 1.82) is 0 Å². The van der Waals surface area contributed by atoms with Crippen molar-refractivity contribution in [3.8, 4) is 17.6 Å². The molecule has 176 valence electrons. The zero-order chi connectivity index (χ0) is 24.6. The number of rotatable bonds is 5. The van der Waals surface area contributed by atoms with Crippen molar-refractivity contribution >= 4 is 17.7 Å². The molecule has 0 saturated carbocycles. The van der Waals surface area contributed by atoms with Crippen LogP contribution >= 0.6 is 0 Å². The zero-order valence-electron chi connectivity index (χ0n) is 18.8. The van der Waals surface area contributed by atoms with Gasteiger partial charge in [-0.15, -0.1) is 10.2 Å². The SMILES string of the molecule is C=CCOC(=O)c1ccc(N2CCN(C(=O)c3cncc(C#Cc4cncc(O)c4)c3)CC2)nn1. The van der Waals surface area contributed by atoms with Gasteiger partial charge in [-0.3, -0.25) is 14.8 Å². The van der Waals surface area contributed by atoms with E-state index in [-0.39, 0.29) is 24.0 Å². The molecule has 0 bridgehead atoms. The maximum absolute atomic E-state index is 13.0. The van der Waals surface area contributed by atoms with Crippen molar-refractivity contribution in [2.75, 3.05) is 37.7 Å². The van der Waals surface area contributed by atoms with Crippen LogP contribution in [0.15, 0.2) is 61.7 Å². The summed E-state index contributed by atoms with van der Waals surface area (Å²) < 4.78 is 4.95. The Hall–Kier alpha value is -4.78. The van der Waals surface area contributed by atoms with E-state index >= 15 is 0 Å². The Bertz CT molecular complexity index is 1290. The fourth-order valence-corrected chi connectivity index (χ4v) is 3.40. The molecule has 3 aromatic heterocycles. The Morgan fingerprint density at radius 2 is 1.71 bits per heavy atom. The molecule has 35 heavy (non-hydrogen) atoms. The molecule has 1 saturated heterocycles. The van der Waals surface area contributed by atoms with Crippen molar-refractivity contribution < 1.29 is 19.4 Å². The van der Waals surface area contributed by atoms with Crippen molar-refractivity contribution in [2.45, 2.75) is 0 Å². The van der Waals surface area contributed by atoms with Crippen LogP contribution in [0.1, 0.15) is 32.0 Å². The van der Waals surface area contributed by atoms with E-state index in [9.17, 15) is 14.7 Å². The van der Waals surface area contributed by atoms with E-state index in [1.54, 1.807) is 35.5 Å². The second-order valence-electron chi connectivity index (χ2n) is 7.59. The van der Waals surface area contributed by atoms with Crippen LogP contribution in [0.5, 0.6) is 5.75 Å². The molecule has 0 atom stereocenters. The summed E-state index contributed by atoms with van der Waals surface area (Å²) in [5.74, 6) is 5.81. The first kappa shape index (κ1) is 23.4. The third kappa shape index (κ3) is 5.97. The lowest BCUT2D eigenvalue weighted by molar-refractivity contribution is 0.0541. The number of aromatic nitrogens is 4. The van der Waals surface area contributed by atoms with Crippen molar-refractivity contribution in [1.82, 2.24) is 25.1 Å². The van der Waals surface area contributed by atoms with Gasteiger partial charge in [0, 0.05) is 55.9 Å². The van der Waals surface area contributed by atoms with Crippen LogP contribution in [0.25, 0.3) is 0 Å². The number of anilines is 1. The number of carbonyl (C=O) groups is 2. The Kier molecular flexibility index (Phi) is 7.28. The van der Waals surface area contributed by atoms with Gasteiger partial charge in [-0.25, -0.2) is 4.79 Å². The molecule has 0 radical (unpaired) electrons. The van der Waals surface area contributed by atoms with Crippen molar-refractivity contribution in [3.05, 3.63) is 84.1 Å². The van der Waals surface area contributed by atoms with E-state index < -0.39 is 5.97 Å². The normalized spacial score (nSPS) is 12.9. The first-order valence-corrected chi connectivity index (χ1v) is 10.8. The fraction of sp³-hybridized carbons (Fsp3) is 0.200. The molecule has 1 N–H and O–H groups in total. The van der Waals surface area contributed by atoms with Crippen LogP contribution in [0.2, 0.25) is 0 Å². The second kappa shape index (κ2) is 10.9. The predicted molar refractivity (Wildman–Crippen MR) is 127 cm³/mol. The lowest BCUT2D eigenvalue weighted by Gasteiger charge is -2.35. The molecule has 1 fully saturated rings. The van der Waals surface area contributed by atoms with Gasteiger partial charge in [0.15, 0.2) is 11.5 Å². The Morgan fingerprint density at radius 1 is 1.00 bits per heavy atom. The van der Waals surface area contributed by atoms with Crippen LogP contribution in [0, 0.1) is 11.8 Å². The summed E-state index contributed by atoms with van der Waals surface area (Å²) >= 11 is 0. The van der Waals surface area contributed by atoms with E-state index in [0.29, 0.717) is 48.7 Å². The maximum Gasteiger partial charge on any atom is 0.359 e. The largest absolute Gasteiger partial charge is 0.506 e.